The minimum Gasteiger partial charge on any atom is -0.468 e. The number of esters is 1. The second kappa shape index (κ2) is 6.86. The predicted molar refractivity (Wildman–Crippen MR) is 81.9 cm³/mol. The molecule has 0 radical (unpaired) electrons. The van der Waals surface area contributed by atoms with Crippen molar-refractivity contribution < 1.29 is 22.7 Å². The molecule has 0 N–H and O–H groups in total. The number of methoxy groups -OCH3 is 1. The Morgan fingerprint density at radius 3 is 2.38 bits per heavy atom. The average Bonchev–Trinajstić information content (AvgIpc) is 2.79. The number of hydrogen-bond acceptors (Lipinski definition) is 6. The van der Waals surface area contributed by atoms with Crippen molar-refractivity contribution in [3.63, 3.8) is 0 Å². The van der Waals surface area contributed by atoms with Gasteiger partial charge in [0.2, 0.25) is 10.0 Å². The summed E-state index contributed by atoms with van der Waals surface area (Å²) in [6.07, 6.45) is 0. The Morgan fingerprint density at radius 1 is 1.33 bits per heavy atom. The van der Waals surface area contributed by atoms with E-state index in [1.807, 2.05) is 0 Å². The lowest BCUT2D eigenvalue weighted by Crippen LogP contribution is -2.32. The molecule has 0 aliphatic heterocycles. The second-order valence-corrected chi connectivity index (χ2v) is 8.76. The van der Waals surface area contributed by atoms with Crippen molar-refractivity contribution in [2.24, 2.45) is 0 Å². The highest BCUT2D eigenvalue weighted by molar-refractivity contribution is 9.11. The van der Waals surface area contributed by atoms with Crippen molar-refractivity contribution in [1.82, 2.24) is 9.21 Å². The Labute approximate surface area is 135 Å². The molecule has 0 aliphatic carbocycles. The number of likely N-dealkylation sites (N-methyl/N-ethyl adjacent to an activating group) is 1. The molecule has 7 nitrogen and oxygen atoms in total. The smallest absolute Gasteiger partial charge is 0.325 e. The zero-order valence-corrected chi connectivity index (χ0v) is 15.1. The molecule has 0 atom stereocenters. The molecule has 1 aromatic rings. The SMILES string of the molecule is COC(=O)CN(C)C(=O)c1cc(S(=O)(=O)N(C)C)c(Br)s1. The quantitative estimate of drug-likeness (QED) is 0.690. The van der Waals surface area contributed by atoms with Crippen LogP contribution in [0.2, 0.25) is 0 Å². The van der Waals surface area contributed by atoms with Gasteiger partial charge in [0.05, 0.1) is 15.8 Å². The molecule has 0 spiro atoms. The molecule has 0 fully saturated rings. The van der Waals surface area contributed by atoms with Crippen molar-refractivity contribution in [1.29, 1.82) is 0 Å². The van der Waals surface area contributed by atoms with Crippen LogP contribution in [0.3, 0.4) is 0 Å². The van der Waals surface area contributed by atoms with Crippen LogP contribution in [-0.2, 0) is 19.6 Å². The van der Waals surface area contributed by atoms with Crippen LogP contribution in [-0.4, -0.2) is 64.3 Å². The molecule has 10 heteroatoms. The molecule has 1 heterocycles. The summed E-state index contributed by atoms with van der Waals surface area (Å²) in [5, 5.41) is 0. The zero-order chi connectivity index (χ0) is 16.4. The van der Waals surface area contributed by atoms with E-state index in [1.165, 1.54) is 34.3 Å². The standard InChI is InChI=1S/C11H15BrN2O5S2/c1-13(2)21(17,18)8-5-7(20-10(8)12)11(16)14(3)6-9(15)19-4/h5H,6H2,1-4H3. The zero-order valence-electron chi connectivity index (χ0n) is 11.9. The van der Waals surface area contributed by atoms with E-state index >= 15 is 0 Å². The fourth-order valence-electron chi connectivity index (χ4n) is 1.35. The fraction of sp³-hybridized carbons (Fsp3) is 0.455. The van der Waals surface area contributed by atoms with Gasteiger partial charge in [-0.1, -0.05) is 0 Å². The van der Waals surface area contributed by atoms with E-state index in [9.17, 15) is 18.0 Å². The molecule has 0 aromatic carbocycles. The maximum atomic E-state index is 12.2. The third kappa shape index (κ3) is 4.02. The third-order valence-corrected chi connectivity index (χ3v) is 6.62. The Morgan fingerprint density at radius 2 is 1.90 bits per heavy atom. The Bertz CT molecular complexity index is 654. The first kappa shape index (κ1) is 18.1. The van der Waals surface area contributed by atoms with Gasteiger partial charge in [0.1, 0.15) is 11.4 Å². The highest BCUT2D eigenvalue weighted by atomic mass is 79.9. The molecule has 21 heavy (non-hydrogen) atoms. The van der Waals surface area contributed by atoms with E-state index in [0.29, 0.717) is 3.79 Å². The molecule has 0 saturated carbocycles. The maximum Gasteiger partial charge on any atom is 0.325 e. The average molecular weight is 399 g/mol. The van der Waals surface area contributed by atoms with Gasteiger partial charge in [-0.25, -0.2) is 12.7 Å². The number of thiophene rings is 1. The van der Waals surface area contributed by atoms with Crippen LogP contribution in [0, 0.1) is 0 Å². The molecule has 0 saturated heterocycles. The van der Waals surface area contributed by atoms with E-state index in [1.54, 1.807) is 0 Å². The Kier molecular flexibility index (Phi) is 5.91. The molecule has 118 valence electrons. The number of sulfonamides is 1. The lowest BCUT2D eigenvalue weighted by molar-refractivity contribution is -0.141. The largest absolute Gasteiger partial charge is 0.468 e. The Hall–Kier alpha value is -0.970. The van der Waals surface area contributed by atoms with E-state index in [-0.39, 0.29) is 16.3 Å². The topological polar surface area (TPSA) is 84.0 Å². The van der Waals surface area contributed by atoms with Crippen LogP contribution in [0.4, 0.5) is 0 Å². The molecule has 1 aromatic heterocycles. The number of carbonyl (C=O) groups is 2. The molecular formula is C11H15BrN2O5S2. The van der Waals surface area contributed by atoms with E-state index in [2.05, 4.69) is 20.7 Å². The van der Waals surface area contributed by atoms with Crippen LogP contribution in [0.5, 0.6) is 0 Å². The minimum atomic E-state index is -3.64. The van der Waals surface area contributed by atoms with Gasteiger partial charge in [-0.2, -0.15) is 0 Å². The van der Waals surface area contributed by atoms with Gasteiger partial charge in [0.25, 0.3) is 5.91 Å². The van der Waals surface area contributed by atoms with Gasteiger partial charge in [-0.3, -0.25) is 9.59 Å². The molecular weight excluding hydrogens is 384 g/mol. The molecule has 1 rings (SSSR count). The second-order valence-electron chi connectivity index (χ2n) is 4.27. The van der Waals surface area contributed by atoms with E-state index in [4.69, 9.17) is 0 Å². The lowest BCUT2D eigenvalue weighted by atomic mass is 10.4. The predicted octanol–water partition coefficient (Wildman–Crippen LogP) is 1.01. The minimum absolute atomic E-state index is 0.0207. The van der Waals surface area contributed by atoms with Gasteiger partial charge in [0.15, 0.2) is 0 Å². The maximum absolute atomic E-state index is 12.2. The van der Waals surface area contributed by atoms with Crippen LogP contribution < -0.4 is 0 Å². The summed E-state index contributed by atoms with van der Waals surface area (Å²) >= 11 is 4.15. The van der Waals surface area contributed by atoms with Gasteiger partial charge in [-0.05, 0) is 22.0 Å². The van der Waals surface area contributed by atoms with E-state index < -0.39 is 21.9 Å². The van der Waals surface area contributed by atoms with Gasteiger partial charge in [0, 0.05) is 21.1 Å². The summed E-state index contributed by atoms with van der Waals surface area (Å²) in [4.78, 5) is 24.7. The number of nitrogens with zero attached hydrogens (tertiary/aromatic N) is 2. The summed E-state index contributed by atoms with van der Waals surface area (Å²) in [7, 11) is 1.84. The van der Waals surface area contributed by atoms with E-state index in [0.717, 1.165) is 20.5 Å². The normalized spacial score (nSPS) is 11.5. The number of rotatable bonds is 5. The summed E-state index contributed by atoms with van der Waals surface area (Å²) in [5.74, 6) is -1.01. The van der Waals surface area contributed by atoms with Gasteiger partial charge in [-0.15, -0.1) is 11.3 Å². The number of ether oxygens (including phenoxy) is 1. The number of amides is 1. The van der Waals surface area contributed by atoms with Crippen molar-refractivity contribution >= 4 is 49.2 Å². The number of hydrogen-bond donors (Lipinski definition) is 0. The summed E-state index contributed by atoms with van der Waals surface area (Å²) in [6.45, 7) is -0.208. The molecule has 0 aliphatic rings. The van der Waals surface area contributed by atoms with Crippen LogP contribution in [0.25, 0.3) is 0 Å². The fourth-order valence-corrected chi connectivity index (χ4v) is 4.75. The first-order chi connectivity index (χ1) is 9.61. The summed E-state index contributed by atoms with van der Waals surface area (Å²) < 4.78 is 30.1. The first-order valence-electron chi connectivity index (χ1n) is 5.65. The summed E-state index contributed by atoms with van der Waals surface area (Å²) in [5.41, 5.74) is 0. The monoisotopic (exact) mass is 398 g/mol. The summed E-state index contributed by atoms with van der Waals surface area (Å²) in [6, 6.07) is 1.29. The van der Waals surface area contributed by atoms with Gasteiger partial charge < -0.3 is 9.64 Å². The highest BCUT2D eigenvalue weighted by Crippen LogP contribution is 2.33. The van der Waals surface area contributed by atoms with Crippen LogP contribution in [0.1, 0.15) is 9.67 Å². The number of halogens is 1. The van der Waals surface area contributed by atoms with Crippen LogP contribution >= 0.6 is 27.3 Å². The number of carbonyl (C=O) groups excluding carboxylic acids is 2. The first-order valence-corrected chi connectivity index (χ1v) is 8.70. The van der Waals surface area contributed by atoms with Crippen molar-refractivity contribution in [3.8, 4) is 0 Å². The third-order valence-electron chi connectivity index (χ3n) is 2.57. The van der Waals surface area contributed by atoms with Gasteiger partial charge >= 0.3 is 5.97 Å². The van der Waals surface area contributed by atoms with Crippen molar-refractivity contribution in [2.45, 2.75) is 4.90 Å². The van der Waals surface area contributed by atoms with Crippen molar-refractivity contribution in [3.05, 3.63) is 14.7 Å². The Balaban J connectivity index is 3.07. The van der Waals surface area contributed by atoms with Crippen LogP contribution in [0.15, 0.2) is 14.7 Å². The van der Waals surface area contributed by atoms with Crippen molar-refractivity contribution in [2.75, 3.05) is 34.8 Å². The molecule has 1 amide bonds. The molecule has 0 unspecified atom stereocenters. The highest BCUT2D eigenvalue weighted by Gasteiger charge is 2.26. The molecule has 0 bridgehead atoms. The lowest BCUT2D eigenvalue weighted by Gasteiger charge is -2.14.